The van der Waals surface area contributed by atoms with Crippen molar-refractivity contribution >= 4 is 5.97 Å². The molecule has 0 saturated heterocycles. The lowest BCUT2D eigenvalue weighted by molar-refractivity contribution is -0.139. The maximum atomic E-state index is 10.9. The zero-order valence-corrected chi connectivity index (χ0v) is 11.9. The Morgan fingerprint density at radius 2 is 1.89 bits per heavy atom. The molecule has 0 fully saturated rings. The highest BCUT2D eigenvalue weighted by Gasteiger charge is 2.23. The predicted octanol–water partition coefficient (Wildman–Crippen LogP) is 2.99. The lowest BCUT2D eigenvalue weighted by atomic mass is 10.0. The summed E-state index contributed by atoms with van der Waals surface area (Å²) in [5, 5.41) is 9.00. The van der Waals surface area contributed by atoms with Gasteiger partial charge in [-0.1, -0.05) is 23.8 Å². The van der Waals surface area contributed by atoms with Gasteiger partial charge in [0, 0.05) is 12.1 Å². The highest BCUT2D eigenvalue weighted by atomic mass is 16.4. The van der Waals surface area contributed by atoms with Crippen molar-refractivity contribution in [3.8, 4) is 0 Å². The number of benzene rings is 1. The molecule has 3 nitrogen and oxygen atoms in total. The summed E-state index contributed by atoms with van der Waals surface area (Å²) >= 11 is 0. The van der Waals surface area contributed by atoms with Gasteiger partial charge < -0.3 is 5.11 Å². The molecule has 0 atom stereocenters. The number of rotatable bonds is 4. The molecule has 0 heterocycles. The average Bonchev–Trinajstić information content (AvgIpc) is 2.18. The van der Waals surface area contributed by atoms with Crippen LogP contribution in [0.3, 0.4) is 0 Å². The number of hydrogen-bond acceptors (Lipinski definition) is 2. The monoisotopic (exact) mass is 249 g/mol. The summed E-state index contributed by atoms with van der Waals surface area (Å²) in [6, 6.07) is 6.30. The van der Waals surface area contributed by atoms with E-state index >= 15 is 0 Å². The Morgan fingerprint density at radius 3 is 2.33 bits per heavy atom. The van der Waals surface area contributed by atoms with Gasteiger partial charge in [0.2, 0.25) is 0 Å². The molecule has 0 aliphatic heterocycles. The van der Waals surface area contributed by atoms with Crippen molar-refractivity contribution in [1.29, 1.82) is 0 Å². The Labute approximate surface area is 109 Å². The number of carbonyl (C=O) groups is 1. The van der Waals surface area contributed by atoms with E-state index in [1.807, 2.05) is 25.7 Å². The summed E-state index contributed by atoms with van der Waals surface area (Å²) in [4.78, 5) is 12.9. The first-order chi connectivity index (χ1) is 8.20. The third-order valence-electron chi connectivity index (χ3n) is 3.13. The summed E-state index contributed by atoms with van der Waals surface area (Å²) in [6.45, 7) is 11.0. The standard InChI is InChI=1S/C15H23NO2/c1-11-6-7-13(12(2)8-11)9-16(10-14(17)18)15(3,4)5/h6-8H,9-10H2,1-5H3,(H,17,18). The molecule has 0 saturated carbocycles. The Balaban J connectivity index is 2.92. The molecule has 0 aliphatic carbocycles. The number of nitrogens with zero attached hydrogens (tertiary/aromatic N) is 1. The summed E-state index contributed by atoms with van der Waals surface area (Å²) in [7, 11) is 0. The second kappa shape index (κ2) is 5.53. The fourth-order valence-corrected chi connectivity index (χ4v) is 1.92. The van der Waals surface area contributed by atoms with E-state index in [0.29, 0.717) is 6.54 Å². The van der Waals surface area contributed by atoms with Gasteiger partial charge in [0.25, 0.3) is 0 Å². The number of aliphatic carboxylic acids is 1. The first-order valence-electron chi connectivity index (χ1n) is 6.23. The molecule has 0 spiro atoms. The van der Waals surface area contributed by atoms with Crippen LogP contribution in [-0.2, 0) is 11.3 Å². The Kier molecular flexibility index (Phi) is 4.52. The predicted molar refractivity (Wildman–Crippen MR) is 73.7 cm³/mol. The van der Waals surface area contributed by atoms with E-state index in [0.717, 1.165) is 0 Å². The van der Waals surface area contributed by atoms with Crippen molar-refractivity contribution in [3.05, 3.63) is 34.9 Å². The molecule has 0 amide bonds. The zero-order chi connectivity index (χ0) is 13.9. The highest BCUT2D eigenvalue weighted by Crippen LogP contribution is 2.19. The first kappa shape index (κ1) is 14.7. The first-order valence-corrected chi connectivity index (χ1v) is 6.23. The fraction of sp³-hybridized carbons (Fsp3) is 0.533. The van der Waals surface area contributed by atoms with E-state index in [-0.39, 0.29) is 12.1 Å². The summed E-state index contributed by atoms with van der Waals surface area (Å²) < 4.78 is 0. The molecule has 0 aliphatic rings. The molecule has 0 unspecified atom stereocenters. The number of carboxylic acids is 1. The largest absolute Gasteiger partial charge is 0.480 e. The van der Waals surface area contributed by atoms with Crippen molar-refractivity contribution < 1.29 is 9.90 Å². The second-order valence-electron chi connectivity index (χ2n) is 5.85. The van der Waals surface area contributed by atoms with Crippen LogP contribution in [0.25, 0.3) is 0 Å². The van der Waals surface area contributed by atoms with Crippen LogP contribution in [-0.4, -0.2) is 28.1 Å². The van der Waals surface area contributed by atoms with Gasteiger partial charge in [-0.15, -0.1) is 0 Å². The van der Waals surface area contributed by atoms with Gasteiger partial charge in [-0.2, -0.15) is 0 Å². The third kappa shape index (κ3) is 4.15. The molecule has 100 valence electrons. The molecule has 0 radical (unpaired) electrons. The van der Waals surface area contributed by atoms with Gasteiger partial charge in [0.05, 0.1) is 6.54 Å². The minimum Gasteiger partial charge on any atom is -0.480 e. The van der Waals surface area contributed by atoms with Crippen molar-refractivity contribution in [2.75, 3.05) is 6.54 Å². The van der Waals surface area contributed by atoms with Crippen LogP contribution in [0.4, 0.5) is 0 Å². The number of hydrogen-bond donors (Lipinski definition) is 1. The van der Waals surface area contributed by atoms with E-state index < -0.39 is 5.97 Å². The molecule has 1 rings (SSSR count). The fourth-order valence-electron chi connectivity index (χ4n) is 1.92. The van der Waals surface area contributed by atoms with E-state index in [4.69, 9.17) is 5.11 Å². The van der Waals surface area contributed by atoms with Gasteiger partial charge in [-0.25, -0.2) is 0 Å². The van der Waals surface area contributed by atoms with E-state index in [1.54, 1.807) is 0 Å². The topological polar surface area (TPSA) is 40.5 Å². The van der Waals surface area contributed by atoms with Crippen LogP contribution in [0.2, 0.25) is 0 Å². The molecular weight excluding hydrogens is 226 g/mol. The van der Waals surface area contributed by atoms with Crippen molar-refractivity contribution in [1.82, 2.24) is 4.90 Å². The van der Waals surface area contributed by atoms with E-state index in [9.17, 15) is 4.79 Å². The normalized spacial score (nSPS) is 11.9. The average molecular weight is 249 g/mol. The minimum atomic E-state index is -0.783. The third-order valence-corrected chi connectivity index (χ3v) is 3.13. The maximum Gasteiger partial charge on any atom is 0.317 e. The maximum absolute atomic E-state index is 10.9. The van der Waals surface area contributed by atoms with Gasteiger partial charge >= 0.3 is 5.97 Å². The van der Waals surface area contributed by atoms with Crippen LogP contribution in [0.1, 0.15) is 37.5 Å². The van der Waals surface area contributed by atoms with Crippen LogP contribution < -0.4 is 0 Å². The van der Waals surface area contributed by atoms with Gasteiger partial charge in [0.15, 0.2) is 0 Å². The van der Waals surface area contributed by atoms with E-state index in [2.05, 4.69) is 32.0 Å². The highest BCUT2D eigenvalue weighted by molar-refractivity contribution is 5.69. The molecule has 1 aromatic rings. The summed E-state index contributed by atoms with van der Waals surface area (Å²) in [6.07, 6.45) is 0. The molecule has 1 N–H and O–H groups in total. The molecule has 1 aromatic carbocycles. The van der Waals surface area contributed by atoms with Crippen molar-refractivity contribution in [2.45, 2.75) is 46.7 Å². The molecule has 18 heavy (non-hydrogen) atoms. The SMILES string of the molecule is Cc1ccc(CN(CC(=O)O)C(C)(C)C)c(C)c1. The number of carboxylic acid groups (broad SMARTS) is 1. The summed E-state index contributed by atoms with van der Waals surface area (Å²) in [5.74, 6) is -0.783. The van der Waals surface area contributed by atoms with Crippen LogP contribution in [0.15, 0.2) is 18.2 Å². The number of aryl methyl sites for hydroxylation is 2. The second-order valence-corrected chi connectivity index (χ2v) is 5.85. The van der Waals surface area contributed by atoms with Gasteiger partial charge in [-0.05, 0) is 45.7 Å². The smallest absolute Gasteiger partial charge is 0.317 e. The van der Waals surface area contributed by atoms with Crippen LogP contribution >= 0.6 is 0 Å². The van der Waals surface area contributed by atoms with Crippen LogP contribution in [0, 0.1) is 13.8 Å². The summed E-state index contributed by atoms with van der Waals surface area (Å²) in [5.41, 5.74) is 3.48. The minimum absolute atomic E-state index is 0.0663. The molecular formula is C15H23NO2. The molecule has 3 heteroatoms. The lowest BCUT2D eigenvalue weighted by Gasteiger charge is -2.34. The Bertz CT molecular complexity index is 433. The Hall–Kier alpha value is -1.35. The van der Waals surface area contributed by atoms with Gasteiger partial charge in [-0.3, -0.25) is 9.69 Å². The van der Waals surface area contributed by atoms with Gasteiger partial charge in [0.1, 0.15) is 0 Å². The quantitative estimate of drug-likeness (QED) is 0.891. The molecule has 0 aromatic heterocycles. The lowest BCUT2D eigenvalue weighted by Crippen LogP contribution is -2.43. The van der Waals surface area contributed by atoms with Crippen LogP contribution in [0.5, 0.6) is 0 Å². The zero-order valence-electron chi connectivity index (χ0n) is 11.9. The molecule has 0 bridgehead atoms. The Morgan fingerprint density at radius 1 is 1.28 bits per heavy atom. The van der Waals surface area contributed by atoms with Crippen molar-refractivity contribution in [2.24, 2.45) is 0 Å². The van der Waals surface area contributed by atoms with E-state index in [1.165, 1.54) is 16.7 Å². The van der Waals surface area contributed by atoms with Crippen molar-refractivity contribution in [3.63, 3.8) is 0 Å².